The lowest BCUT2D eigenvalue weighted by Crippen LogP contribution is -2.34. The van der Waals surface area contributed by atoms with Gasteiger partial charge in [0.05, 0.1) is 0 Å². The van der Waals surface area contributed by atoms with Crippen LogP contribution in [-0.4, -0.2) is 45.0 Å². The van der Waals surface area contributed by atoms with Crippen molar-refractivity contribution in [2.45, 2.75) is 56.5 Å². The maximum atomic E-state index is 12.2. The Morgan fingerprint density at radius 1 is 1.17 bits per heavy atom. The van der Waals surface area contributed by atoms with Crippen molar-refractivity contribution in [3.8, 4) is 0 Å². The molecule has 0 spiro atoms. The lowest BCUT2D eigenvalue weighted by Gasteiger charge is -2.27. The lowest BCUT2D eigenvalue weighted by molar-refractivity contribution is -0.123. The van der Waals surface area contributed by atoms with Crippen LogP contribution in [0.1, 0.15) is 46.0 Å². The van der Waals surface area contributed by atoms with Gasteiger partial charge in [-0.2, -0.15) is 0 Å². The molecule has 0 aromatic carbocycles. The molecule has 0 N–H and O–H groups in total. The van der Waals surface area contributed by atoms with Crippen molar-refractivity contribution in [1.82, 2.24) is 4.90 Å². The first kappa shape index (κ1) is 14.2. The van der Waals surface area contributed by atoms with Crippen molar-refractivity contribution >= 4 is 16.6 Å². The monoisotopic (exact) mass is 271 g/mol. The number of fused-ring (bicyclic) bond motifs is 2. The Bertz CT molecular complexity index is 312. The van der Waals surface area contributed by atoms with E-state index in [0.717, 1.165) is 45.3 Å². The number of carbonyl (C=O) groups is 1. The van der Waals surface area contributed by atoms with Gasteiger partial charge in [0.15, 0.2) is 0 Å². The predicted octanol–water partition coefficient (Wildman–Crippen LogP) is 1.98. The number of rotatable bonds is 6. The summed E-state index contributed by atoms with van der Waals surface area (Å²) >= 11 is 0. The van der Waals surface area contributed by atoms with Gasteiger partial charge in [0.1, 0.15) is 5.78 Å². The predicted molar refractivity (Wildman–Crippen MR) is 75.1 cm³/mol. The van der Waals surface area contributed by atoms with E-state index in [1.807, 2.05) is 0 Å². The van der Waals surface area contributed by atoms with E-state index in [1.165, 1.54) is 0 Å². The van der Waals surface area contributed by atoms with Gasteiger partial charge in [-0.15, -0.1) is 0 Å². The van der Waals surface area contributed by atoms with Gasteiger partial charge in [0, 0.05) is 40.2 Å². The van der Waals surface area contributed by atoms with Gasteiger partial charge in [-0.1, -0.05) is 13.8 Å². The molecule has 0 aromatic heterocycles. The van der Waals surface area contributed by atoms with E-state index in [-0.39, 0.29) is 5.92 Å². The van der Waals surface area contributed by atoms with Crippen molar-refractivity contribution < 1.29 is 9.00 Å². The molecule has 2 atom stereocenters. The molecule has 0 aliphatic carbocycles. The highest BCUT2D eigenvalue weighted by molar-refractivity contribution is 7.86. The molecule has 18 heavy (non-hydrogen) atoms. The van der Waals surface area contributed by atoms with Crippen LogP contribution in [0.4, 0.5) is 0 Å². The van der Waals surface area contributed by atoms with Crippen LogP contribution in [0.3, 0.4) is 0 Å². The number of nitrogens with zero attached hydrogens (tertiary/aromatic N) is 1. The molecule has 2 rings (SSSR count). The fraction of sp³-hybridized carbons (Fsp3) is 0.929. The van der Waals surface area contributed by atoms with Crippen LogP contribution < -0.4 is 0 Å². The Morgan fingerprint density at radius 3 is 2.22 bits per heavy atom. The average molecular weight is 271 g/mol. The minimum absolute atomic E-state index is 0.204. The van der Waals surface area contributed by atoms with Gasteiger partial charge in [-0.3, -0.25) is 9.00 Å². The highest BCUT2D eigenvalue weighted by Gasteiger charge is 2.42. The third-order valence-electron chi connectivity index (χ3n) is 4.59. The quantitative estimate of drug-likeness (QED) is 0.741. The molecule has 0 amide bonds. The van der Waals surface area contributed by atoms with Crippen LogP contribution in [0.25, 0.3) is 0 Å². The van der Waals surface area contributed by atoms with Crippen LogP contribution in [0.15, 0.2) is 0 Å². The third kappa shape index (κ3) is 3.02. The van der Waals surface area contributed by atoms with Crippen LogP contribution in [0.5, 0.6) is 0 Å². The summed E-state index contributed by atoms with van der Waals surface area (Å²) in [6.07, 6.45) is 4.62. The van der Waals surface area contributed by atoms with E-state index in [9.17, 15) is 9.00 Å². The molecule has 0 aromatic rings. The molecule has 0 saturated carbocycles. The van der Waals surface area contributed by atoms with Crippen LogP contribution >= 0.6 is 0 Å². The minimum Gasteiger partial charge on any atom is -0.303 e. The molecule has 2 bridgehead atoms. The molecule has 2 aliphatic heterocycles. The lowest BCUT2D eigenvalue weighted by atomic mass is 9.92. The Morgan fingerprint density at radius 2 is 1.72 bits per heavy atom. The zero-order valence-corrected chi connectivity index (χ0v) is 12.4. The Kier molecular flexibility index (Phi) is 4.96. The zero-order valence-electron chi connectivity index (χ0n) is 11.6. The molecule has 2 unspecified atom stereocenters. The summed E-state index contributed by atoms with van der Waals surface area (Å²) in [6.45, 7) is 7.20. The number of ketones is 1. The smallest absolute Gasteiger partial charge is 0.137 e. The first-order valence-electron chi connectivity index (χ1n) is 7.30. The molecule has 4 heteroatoms. The summed E-state index contributed by atoms with van der Waals surface area (Å²) in [5.41, 5.74) is 0. The maximum absolute atomic E-state index is 12.2. The van der Waals surface area contributed by atoms with Crippen LogP contribution in [0.2, 0.25) is 0 Å². The van der Waals surface area contributed by atoms with E-state index in [0.29, 0.717) is 22.7 Å². The first-order valence-corrected chi connectivity index (χ1v) is 8.57. The van der Waals surface area contributed by atoms with Crippen molar-refractivity contribution in [3.63, 3.8) is 0 Å². The van der Waals surface area contributed by atoms with Crippen LogP contribution in [-0.2, 0) is 15.6 Å². The second kappa shape index (κ2) is 6.29. The highest BCUT2D eigenvalue weighted by Crippen LogP contribution is 2.39. The van der Waals surface area contributed by atoms with Crippen molar-refractivity contribution in [3.05, 3.63) is 0 Å². The summed E-state index contributed by atoms with van der Waals surface area (Å²) in [6, 6.07) is 0. The topological polar surface area (TPSA) is 37.4 Å². The van der Waals surface area contributed by atoms with Gasteiger partial charge in [0.2, 0.25) is 0 Å². The number of Topliss-reactive ketones (excluding diaryl/α,β-unsaturated/α-hetero) is 1. The summed E-state index contributed by atoms with van der Waals surface area (Å²) in [5, 5.41) is 0.650. The van der Waals surface area contributed by atoms with Crippen molar-refractivity contribution in [1.29, 1.82) is 0 Å². The minimum atomic E-state index is -0.634. The molecule has 3 nitrogen and oxygen atoms in total. The Labute approximate surface area is 113 Å². The van der Waals surface area contributed by atoms with Crippen molar-refractivity contribution in [2.24, 2.45) is 5.92 Å². The molecule has 2 heterocycles. The second-order valence-corrected chi connectivity index (χ2v) is 7.55. The third-order valence-corrected chi connectivity index (χ3v) is 6.76. The Hall–Kier alpha value is -0.220. The summed E-state index contributed by atoms with van der Waals surface area (Å²) < 4.78 is 11.9. The normalized spacial score (nSPS) is 35.1. The van der Waals surface area contributed by atoms with Gasteiger partial charge in [0.25, 0.3) is 0 Å². The van der Waals surface area contributed by atoms with Gasteiger partial charge >= 0.3 is 0 Å². The number of carbonyl (C=O) groups excluding carboxylic acids is 1. The SMILES string of the molecule is CCN(CC)CCC(=O)C1CC2CCC(C1)S2=O. The van der Waals surface area contributed by atoms with Gasteiger partial charge in [-0.05, 0) is 38.8 Å². The van der Waals surface area contributed by atoms with E-state index < -0.39 is 10.8 Å². The molecule has 2 aliphatic rings. The maximum Gasteiger partial charge on any atom is 0.137 e. The van der Waals surface area contributed by atoms with E-state index in [4.69, 9.17) is 0 Å². The molecule has 2 fully saturated rings. The molecular formula is C14H25NO2S. The van der Waals surface area contributed by atoms with Gasteiger partial charge in [-0.25, -0.2) is 0 Å². The Balaban J connectivity index is 1.82. The summed E-state index contributed by atoms with van der Waals surface area (Å²) in [7, 11) is -0.634. The molecule has 2 saturated heterocycles. The second-order valence-electron chi connectivity index (χ2n) is 5.56. The van der Waals surface area contributed by atoms with E-state index >= 15 is 0 Å². The number of hydrogen-bond acceptors (Lipinski definition) is 3. The molecular weight excluding hydrogens is 246 g/mol. The fourth-order valence-electron chi connectivity index (χ4n) is 3.31. The zero-order chi connectivity index (χ0) is 13.1. The fourth-order valence-corrected chi connectivity index (χ4v) is 5.43. The molecule has 0 radical (unpaired) electrons. The number of hydrogen-bond donors (Lipinski definition) is 0. The standard InChI is InChI=1S/C14H25NO2S/c1-3-15(4-2)8-7-14(16)11-9-12-5-6-13(10-11)18(12)17/h11-13H,3-10H2,1-2H3. The largest absolute Gasteiger partial charge is 0.303 e. The van der Waals surface area contributed by atoms with E-state index in [2.05, 4.69) is 18.7 Å². The average Bonchev–Trinajstić information content (AvgIpc) is 2.62. The highest BCUT2D eigenvalue weighted by atomic mass is 32.2. The molecule has 104 valence electrons. The van der Waals surface area contributed by atoms with E-state index in [1.54, 1.807) is 0 Å². The summed E-state index contributed by atoms with van der Waals surface area (Å²) in [4.78, 5) is 14.5. The first-order chi connectivity index (χ1) is 8.65. The van der Waals surface area contributed by atoms with Crippen LogP contribution in [0, 0.1) is 5.92 Å². The summed E-state index contributed by atoms with van der Waals surface area (Å²) in [5.74, 6) is 0.617. The van der Waals surface area contributed by atoms with Crippen molar-refractivity contribution in [2.75, 3.05) is 19.6 Å². The van der Waals surface area contributed by atoms with Gasteiger partial charge < -0.3 is 4.90 Å².